The number of sulfonamides is 1. The molecule has 1 atom stereocenters. The Kier molecular flexibility index (Phi) is 10.4. The maximum atomic E-state index is 14.0. The number of hydrogen-bond donors (Lipinski definition) is 1. The summed E-state index contributed by atoms with van der Waals surface area (Å²) in [5.74, 6) is -0.626. The van der Waals surface area contributed by atoms with Crippen LogP contribution in [-0.2, 0) is 26.2 Å². The van der Waals surface area contributed by atoms with Crippen LogP contribution in [0.25, 0.3) is 0 Å². The van der Waals surface area contributed by atoms with Gasteiger partial charge in [-0.1, -0.05) is 67.4 Å². The highest BCUT2D eigenvalue weighted by atomic mass is 35.5. The second kappa shape index (κ2) is 13.3. The average molecular weight is 584 g/mol. The molecule has 3 aromatic carbocycles. The minimum Gasteiger partial charge on any atom is -0.354 e. The Morgan fingerprint density at radius 3 is 2.05 bits per heavy atom. The summed E-state index contributed by atoms with van der Waals surface area (Å²) in [6.45, 7) is 11.2. The van der Waals surface area contributed by atoms with E-state index in [0.717, 1.165) is 21.0 Å². The second-order valence-electron chi connectivity index (χ2n) is 10.6. The van der Waals surface area contributed by atoms with E-state index in [-0.39, 0.29) is 23.3 Å². The molecule has 0 aromatic heterocycles. The van der Waals surface area contributed by atoms with Crippen molar-refractivity contribution in [2.45, 2.75) is 59.0 Å². The monoisotopic (exact) mass is 583 g/mol. The molecule has 0 saturated carbocycles. The molecule has 0 radical (unpaired) electrons. The lowest BCUT2D eigenvalue weighted by Gasteiger charge is -2.32. The number of aryl methyl sites for hydroxylation is 3. The van der Waals surface area contributed by atoms with Gasteiger partial charge in [0.15, 0.2) is 0 Å². The number of hydrogen-bond acceptors (Lipinski definition) is 4. The lowest BCUT2D eigenvalue weighted by atomic mass is 10.1. The highest BCUT2D eigenvalue weighted by Crippen LogP contribution is 2.27. The van der Waals surface area contributed by atoms with Gasteiger partial charge >= 0.3 is 0 Å². The van der Waals surface area contributed by atoms with Crippen molar-refractivity contribution in [3.05, 3.63) is 94.0 Å². The average Bonchev–Trinajstić information content (AvgIpc) is 2.88. The van der Waals surface area contributed by atoms with Crippen molar-refractivity contribution in [1.82, 2.24) is 10.2 Å². The first-order valence-electron chi connectivity index (χ1n) is 13.3. The first-order chi connectivity index (χ1) is 18.8. The lowest BCUT2D eigenvalue weighted by Crippen LogP contribution is -2.51. The van der Waals surface area contributed by atoms with Gasteiger partial charge in [0.25, 0.3) is 10.0 Å². The molecule has 0 unspecified atom stereocenters. The smallest absolute Gasteiger partial charge is 0.264 e. The molecular formula is C31H38ClN3O4S. The van der Waals surface area contributed by atoms with Crippen LogP contribution in [0.15, 0.2) is 71.6 Å². The van der Waals surface area contributed by atoms with Crippen molar-refractivity contribution in [2.75, 3.05) is 17.4 Å². The van der Waals surface area contributed by atoms with Crippen molar-refractivity contribution < 1.29 is 18.0 Å². The number of halogens is 1. The minimum absolute atomic E-state index is 0.0417. The standard InChI is InChI=1S/C31H38ClN3O4S/c1-21(2)18-33-31(37)25(6)34(19-26-9-7-8-10-29(26)32)30(36)20-35(27-16-23(4)15-24(5)17-27)40(38,39)28-13-11-22(3)12-14-28/h7-17,21,25H,18-20H2,1-6H3,(H,33,37)/t25-/m0/s1. The highest BCUT2D eigenvalue weighted by molar-refractivity contribution is 7.92. The molecule has 3 rings (SSSR count). The van der Waals surface area contributed by atoms with Crippen LogP contribution < -0.4 is 9.62 Å². The Labute approximate surface area is 243 Å². The van der Waals surface area contributed by atoms with Crippen LogP contribution in [0.4, 0.5) is 5.69 Å². The van der Waals surface area contributed by atoms with E-state index < -0.39 is 28.5 Å². The summed E-state index contributed by atoms with van der Waals surface area (Å²) < 4.78 is 29.1. The first kappa shape index (κ1) is 31.2. The lowest BCUT2D eigenvalue weighted by molar-refractivity contribution is -0.139. The van der Waals surface area contributed by atoms with Gasteiger partial charge in [0.2, 0.25) is 11.8 Å². The summed E-state index contributed by atoms with van der Waals surface area (Å²) in [6.07, 6.45) is 0. The zero-order valence-electron chi connectivity index (χ0n) is 23.9. The summed E-state index contributed by atoms with van der Waals surface area (Å²) in [5.41, 5.74) is 3.67. The van der Waals surface area contributed by atoms with Crippen LogP contribution in [0.2, 0.25) is 5.02 Å². The van der Waals surface area contributed by atoms with Gasteiger partial charge in [-0.3, -0.25) is 13.9 Å². The first-order valence-corrected chi connectivity index (χ1v) is 15.1. The highest BCUT2D eigenvalue weighted by Gasteiger charge is 2.33. The maximum absolute atomic E-state index is 14.0. The van der Waals surface area contributed by atoms with Crippen molar-refractivity contribution >= 4 is 39.1 Å². The fraction of sp³-hybridized carbons (Fsp3) is 0.355. The van der Waals surface area contributed by atoms with Gasteiger partial charge in [-0.05, 0) is 80.6 Å². The van der Waals surface area contributed by atoms with Crippen LogP contribution in [0.1, 0.15) is 43.0 Å². The van der Waals surface area contributed by atoms with Crippen molar-refractivity contribution in [2.24, 2.45) is 5.92 Å². The van der Waals surface area contributed by atoms with E-state index in [9.17, 15) is 18.0 Å². The van der Waals surface area contributed by atoms with Crippen LogP contribution in [0, 0.1) is 26.7 Å². The molecule has 9 heteroatoms. The number of nitrogens with one attached hydrogen (secondary N) is 1. The molecule has 0 aliphatic rings. The van der Waals surface area contributed by atoms with E-state index in [1.165, 1.54) is 17.0 Å². The number of nitrogens with zero attached hydrogens (tertiary/aromatic N) is 2. The van der Waals surface area contributed by atoms with E-state index in [4.69, 9.17) is 11.6 Å². The molecule has 1 N–H and O–H groups in total. The molecule has 0 aliphatic heterocycles. The second-order valence-corrected chi connectivity index (χ2v) is 12.9. The Bertz CT molecular complexity index is 1440. The SMILES string of the molecule is Cc1ccc(S(=O)(=O)N(CC(=O)N(Cc2ccccc2Cl)[C@@H](C)C(=O)NCC(C)C)c2cc(C)cc(C)c2)cc1. The zero-order valence-corrected chi connectivity index (χ0v) is 25.5. The summed E-state index contributed by atoms with van der Waals surface area (Å²) >= 11 is 6.42. The van der Waals surface area contributed by atoms with Crippen LogP contribution >= 0.6 is 11.6 Å². The summed E-state index contributed by atoms with van der Waals surface area (Å²) in [5, 5.41) is 3.33. The van der Waals surface area contributed by atoms with Crippen LogP contribution in [0.5, 0.6) is 0 Å². The van der Waals surface area contributed by atoms with E-state index in [1.54, 1.807) is 55.5 Å². The number of anilines is 1. The third-order valence-corrected chi connectivity index (χ3v) is 8.69. The molecule has 0 spiro atoms. The van der Waals surface area contributed by atoms with Crippen molar-refractivity contribution in [3.63, 3.8) is 0 Å². The molecule has 0 bridgehead atoms. The third kappa shape index (κ3) is 7.86. The fourth-order valence-corrected chi connectivity index (χ4v) is 5.90. The number of carbonyl (C=O) groups is 2. The predicted molar refractivity (Wildman–Crippen MR) is 161 cm³/mol. The molecule has 3 aromatic rings. The van der Waals surface area contributed by atoms with Crippen molar-refractivity contribution in [1.29, 1.82) is 0 Å². The molecule has 40 heavy (non-hydrogen) atoms. The maximum Gasteiger partial charge on any atom is 0.264 e. The van der Waals surface area contributed by atoms with Gasteiger partial charge in [-0.25, -0.2) is 8.42 Å². The Morgan fingerprint density at radius 2 is 1.48 bits per heavy atom. The van der Waals surface area contributed by atoms with E-state index in [2.05, 4.69) is 5.32 Å². The normalized spacial score (nSPS) is 12.2. The summed E-state index contributed by atoms with van der Waals surface area (Å²) in [4.78, 5) is 28.6. The number of rotatable bonds is 11. The molecule has 0 heterocycles. The Balaban J connectivity index is 2.06. The van der Waals surface area contributed by atoms with Crippen molar-refractivity contribution in [3.8, 4) is 0 Å². The number of benzene rings is 3. The van der Waals surface area contributed by atoms with E-state index in [0.29, 0.717) is 22.8 Å². The van der Waals surface area contributed by atoms with Gasteiger partial charge < -0.3 is 10.2 Å². The van der Waals surface area contributed by atoms with Gasteiger partial charge in [0.05, 0.1) is 10.6 Å². The summed E-state index contributed by atoms with van der Waals surface area (Å²) in [7, 11) is -4.12. The van der Waals surface area contributed by atoms with Gasteiger partial charge in [0, 0.05) is 18.1 Å². The fourth-order valence-electron chi connectivity index (χ4n) is 4.31. The van der Waals surface area contributed by atoms with E-state index in [1.807, 2.05) is 40.7 Å². The molecule has 0 saturated heterocycles. The molecule has 2 amide bonds. The zero-order chi connectivity index (χ0) is 29.6. The minimum atomic E-state index is -4.12. The quantitative estimate of drug-likeness (QED) is 0.316. The molecule has 0 aliphatic carbocycles. The summed E-state index contributed by atoms with van der Waals surface area (Å²) in [6, 6.07) is 18.1. The third-order valence-electron chi connectivity index (χ3n) is 6.53. The Morgan fingerprint density at radius 1 is 0.875 bits per heavy atom. The number of carbonyl (C=O) groups excluding carboxylic acids is 2. The van der Waals surface area contributed by atoms with Crippen LogP contribution in [-0.4, -0.2) is 44.3 Å². The molecule has 7 nitrogen and oxygen atoms in total. The number of amides is 2. The predicted octanol–water partition coefficient (Wildman–Crippen LogP) is 5.65. The van der Waals surface area contributed by atoms with E-state index >= 15 is 0 Å². The molecule has 214 valence electrons. The van der Waals surface area contributed by atoms with Gasteiger partial charge in [-0.15, -0.1) is 0 Å². The van der Waals surface area contributed by atoms with Crippen LogP contribution in [0.3, 0.4) is 0 Å². The topological polar surface area (TPSA) is 86.8 Å². The van der Waals surface area contributed by atoms with Gasteiger partial charge in [-0.2, -0.15) is 0 Å². The molecule has 0 fully saturated rings. The Hall–Kier alpha value is -3.36. The molecular weight excluding hydrogens is 546 g/mol. The van der Waals surface area contributed by atoms with Gasteiger partial charge in [0.1, 0.15) is 12.6 Å². The largest absolute Gasteiger partial charge is 0.354 e.